The van der Waals surface area contributed by atoms with Crippen LogP contribution in [0.15, 0.2) is 59.0 Å². The third kappa shape index (κ3) is 5.14. The van der Waals surface area contributed by atoms with Crippen molar-refractivity contribution in [2.75, 3.05) is 27.9 Å². The average molecular weight is 495 g/mol. The Labute approximate surface area is 207 Å². The van der Waals surface area contributed by atoms with Crippen LogP contribution in [0.4, 0.5) is 0 Å². The molecule has 3 aromatic rings. The number of ether oxygens (including phenoxy) is 4. The summed E-state index contributed by atoms with van der Waals surface area (Å²) >= 11 is 1.57. The summed E-state index contributed by atoms with van der Waals surface area (Å²) in [4.78, 5) is 26.0. The molecule has 1 aliphatic heterocycles. The Hall–Kier alpha value is -3.85. The van der Waals surface area contributed by atoms with Crippen LogP contribution in [0.1, 0.15) is 40.2 Å². The fourth-order valence-corrected chi connectivity index (χ4v) is 4.58. The monoisotopic (exact) mass is 494 g/mol. The van der Waals surface area contributed by atoms with Crippen LogP contribution in [-0.4, -0.2) is 50.3 Å². The minimum atomic E-state index is -0.329. The number of amides is 1. The van der Waals surface area contributed by atoms with Crippen molar-refractivity contribution in [3.05, 3.63) is 69.9 Å². The van der Waals surface area contributed by atoms with Crippen LogP contribution in [-0.2, 0) is 4.79 Å². The van der Waals surface area contributed by atoms with Gasteiger partial charge in [0.25, 0.3) is 5.91 Å². The number of Topliss-reactive ketones (excluding diaryl/α,β-unsaturated/α-hetero) is 1. The molecule has 0 fully saturated rings. The van der Waals surface area contributed by atoms with E-state index in [1.807, 2.05) is 35.7 Å². The zero-order valence-corrected chi connectivity index (χ0v) is 20.8. The standard InChI is InChI=1S/C26H26N2O6S/c1-16(29)17-7-10-22(24(12-17)33-4)34-15-26(30)28-20(14-19(27-28)25-6-5-11-35-25)18-8-9-21(31-2)23(13-18)32-3/h5-13,20H,14-15H2,1-4H3. The van der Waals surface area contributed by atoms with Crippen LogP contribution >= 0.6 is 11.3 Å². The molecule has 1 atom stereocenters. The lowest BCUT2D eigenvalue weighted by Gasteiger charge is -2.23. The molecule has 182 valence electrons. The molecular formula is C26H26N2O6S. The SMILES string of the molecule is COc1ccc(C2CC(c3cccs3)=NN2C(=O)COc2ccc(C(C)=O)cc2OC)cc1OC. The van der Waals surface area contributed by atoms with Gasteiger partial charge < -0.3 is 18.9 Å². The number of hydrogen-bond acceptors (Lipinski definition) is 8. The van der Waals surface area contributed by atoms with E-state index in [4.69, 9.17) is 18.9 Å². The third-order valence-electron chi connectivity index (χ3n) is 5.69. The summed E-state index contributed by atoms with van der Waals surface area (Å²) in [5.41, 5.74) is 2.20. The number of benzene rings is 2. The smallest absolute Gasteiger partial charge is 0.281 e. The molecule has 0 radical (unpaired) electrons. The first-order chi connectivity index (χ1) is 16.9. The quantitative estimate of drug-likeness (QED) is 0.400. The molecule has 0 aliphatic carbocycles. The molecule has 4 rings (SSSR count). The molecule has 1 unspecified atom stereocenters. The molecule has 35 heavy (non-hydrogen) atoms. The fourth-order valence-electron chi connectivity index (χ4n) is 3.86. The van der Waals surface area contributed by atoms with E-state index in [-0.39, 0.29) is 24.3 Å². The molecule has 2 aromatic carbocycles. The van der Waals surface area contributed by atoms with E-state index in [0.29, 0.717) is 35.0 Å². The van der Waals surface area contributed by atoms with Gasteiger partial charge in [0.05, 0.1) is 38.0 Å². The number of ketones is 1. The number of thiophene rings is 1. The first kappa shape index (κ1) is 24.3. The number of hydrazone groups is 1. The average Bonchev–Trinajstić information content (AvgIpc) is 3.57. The number of carbonyl (C=O) groups is 2. The van der Waals surface area contributed by atoms with Crippen LogP contribution in [0.5, 0.6) is 23.0 Å². The summed E-state index contributed by atoms with van der Waals surface area (Å²) in [5.74, 6) is 1.54. The summed E-state index contributed by atoms with van der Waals surface area (Å²) in [6.45, 7) is 1.23. The molecule has 0 saturated carbocycles. The van der Waals surface area contributed by atoms with Gasteiger partial charge in [-0.05, 0) is 54.3 Å². The van der Waals surface area contributed by atoms with Gasteiger partial charge in [-0.1, -0.05) is 12.1 Å². The summed E-state index contributed by atoms with van der Waals surface area (Å²) in [6.07, 6.45) is 0.554. The lowest BCUT2D eigenvalue weighted by atomic mass is 10.0. The van der Waals surface area contributed by atoms with E-state index in [2.05, 4.69) is 5.10 Å². The molecule has 1 amide bonds. The Balaban J connectivity index is 1.59. The highest BCUT2D eigenvalue weighted by Crippen LogP contribution is 2.38. The zero-order chi connectivity index (χ0) is 24.9. The number of rotatable bonds is 9. The molecule has 2 heterocycles. The van der Waals surface area contributed by atoms with Crippen molar-refractivity contribution >= 4 is 28.7 Å². The van der Waals surface area contributed by atoms with Crippen molar-refractivity contribution in [1.29, 1.82) is 0 Å². The normalized spacial score (nSPS) is 14.9. The third-order valence-corrected chi connectivity index (χ3v) is 6.60. The van der Waals surface area contributed by atoms with Gasteiger partial charge in [0.1, 0.15) is 0 Å². The lowest BCUT2D eigenvalue weighted by Crippen LogP contribution is -2.31. The molecule has 0 spiro atoms. The van der Waals surface area contributed by atoms with E-state index in [1.165, 1.54) is 19.0 Å². The Kier molecular flexibility index (Phi) is 7.36. The highest BCUT2D eigenvalue weighted by molar-refractivity contribution is 7.12. The maximum Gasteiger partial charge on any atom is 0.281 e. The molecule has 9 heteroatoms. The van der Waals surface area contributed by atoms with Crippen LogP contribution in [0.25, 0.3) is 0 Å². The molecule has 0 N–H and O–H groups in total. The minimum Gasteiger partial charge on any atom is -0.493 e. The predicted molar refractivity (Wildman–Crippen MR) is 133 cm³/mol. The van der Waals surface area contributed by atoms with Crippen LogP contribution < -0.4 is 18.9 Å². The van der Waals surface area contributed by atoms with Crippen molar-refractivity contribution in [2.24, 2.45) is 5.10 Å². The summed E-state index contributed by atoms with van der Waals surface area (Å²) < 4.78 is 22.0. The number of hydrogen-bond donors (Lipinski definition) is 0. The first-order valence-electron chi connectivity index (χ1n) is 10.9. The van der Waals surface area contributed by atoms with Gasteiger partial charge in [0, 0.05) is 12.0 Å². The van der Waals surface area contributed by atoms with E-state index in [0.717, 1.165) is 16.2 Å². The Morgan fingerprint density at radius 1 is 0.971 bits per heavy atom. The van der Waals surface area contributed by atoms with E-state index in [1.54, 1.807) is 43.8 Å². The Morgan fingerprint density at radius 3 is 2.34 bits per heavy atom. The summed E-state index contributed by atoms with van der Waals surface area (Å²) in [5, 5.41) is 8.11. The molecule has 0 bridgehead atoms. The minimum absolute atomic E-state index is 0.0869. The van der Waals surface area contributed by atoms with E-state index < -0.39 is 0 Å². The highest BCUT2D eigenvalue weighted by atomic mass is 32.1. The highest BCUT2D eigenvalue weighted by Gasteiger charge is 2.34. The molecule has 0 saturated heterocycles. The topological polar surface area (TPSA) is 86.7 Å². The van der Waals surface area contributed by atoms with Gasteiger partial charge in [-0.15, -0.1) is 11.3 Å². The summed E-state index contributed by atoms with van der Waals surface area (Å²) in [6, 6.07) is 14.1. The van der Waals surface area contributed by atoms with E-state index >= 15 is 0 Å². The van der Waals surface area contributed by atoms with Gasteiger partial charge in [-0.2, -0.15) is 5.10 Å². The second-order valence-corrected chi connectivity index (χ2v) is 8.75. The predicted octanol–water partition coefficient (Wildman–Crippen LogP) is 4.73. The maximum atomic E-state index is 13.3. The Bertz CT molecular complexity index is 1250. The molecule has 1 aliphatic rings. The van der Waals surface area contributed by atoms with Crippen molar-refractivity contribution in [3.8, 4) is 23.0 Å². The number of carbonyl (C=O) groups excluding carboxylic acids is 2. The first-order valence-corrected chi connectivity index (χ1v) is 11.8. The second-order valence-electron chi connectivity index (χ2n) is 7.81. The zero-order valence-electron chi connectivity index (χ0n) is 19.9. The van der Waals surface area contributed by atoms with Crippen LogP contribution in [0, 0.1) is 0 Å². The van der Waals surface area contributed by atoms with Crippen LogP contribution in [0.2, 0.25) is 0 Å². The van der Waals surface area contributed by atoms with Gasteiger partial charge in [0.15, 0.2) is 35.4 Å². The maximum absolute atomic E-state index is 13.3. The van der Waals surface area contributed by atoms with Gasteiger partial charge in [-0.3, -0.25) is 9.59 Å². The van der Waals surface area contributed by atoms with E-state index in [9.17, 15) is 9.59 Å². The summed E-state index contributed by atoms with van der Waals surface area (Å²) in [7, 11) is 4.64. The van der Waals surface area contributed by atoms with Crippen molar-refractivity contribution < 1.29 is 28.5 Å². The second kappa shape index (κ2) is 10.6. The molecule has 1 aromatic heterocycles. The van der Waals surface area contributed by atoms with Crippen molar-refractivity contribution in [2.45, 2.75) is 19.4 Å². The Morgan fingerprint density at radius 2 is 1.69 bits per heavy atom. The van der Waals surface area contributed by atoms with Crippen molar-refractivity contribution in [3.63, 3.8) is 0 Å². The van der Waals surface area contributed by atoms with Gasteiger partial charge >= 0.3 is 0 Å². The van der Waals surface area contributed by atoms with Crippen LogP contribution in [0.3, 0.4) is 0 Å². The van der Waals surface area contributed by atoms with Gasteiger partial charge in [-0.25, -0.2) is 5.01 Å². The van der Waals surface area contributed by atoms with Gasteiger partial charge in [0.2, 0.25) is 0 Å². The molecular weight excluding hydrogens is 468 g/mol. The lowest BCUT2D eigenvalue weighted by molar-refractivity contribution is -0.135. The molecule has 8 nitrogen and oxygen atoms in total. The number of nitrogens with zero attached hydrogens (tertiary/aromatic N) is 2. The largest absolute Gasteiger partial charge is 0.493 e. The number of methoxy groups -OCH3 is 3. The van der Waals surface area contributed by atoms with Crippen molar-refractivity contribution in [1.82, 2.24) is 5.01 Å². The fraction of sp³-hybridized carbons (Fsp3) is 0.269.